The molecule has 1 aliphatic carbocycles. The largest absolute Gasteiger partial charge is 0.480 e. The summed E-state index contributed by atoms with van der Waals surface area (Å²) in [5, 5.41) is 8.58. The number of carboxylic acid groups (broad SMARTS) is 1. The lowest BCUT2D eigenvalue weighted by molar-refractivity contribution is -0.139. The summed E-state index contributed by atoms with van der Waals surface area (Å²) in [6.07, 6.45) is 6.95. The zero-order valence-electron chi connectivity index (χ0n) is 6.36. The third-order valence-electron chi connectivity index (χ3n) is 2.04. The van der Waals surface area contributed by atoms with E-state index in [1.54, 1.807) is 0 Å². The molecule has 0 amide bonds. The lowest BCUT2D eigenvalue weighted by Crippen LogP contribution is -2.37. The fourth-order valence-electron chi connectivity index (χ4n) is 1.32. The maximum Gasteiger partial charge on any atom is 0.321 e. The van der Waals surface area contributed by atoms with Crippen molar-refractivity contribution in [3.05, 3.63) is 12.2 Å². The summed E-state index contributed by atoms with van der Waals surface area (Å²) < 4.78 is 0. The zero-order chi connectivity index (χ0) is 8.27. The third-order valence-corrected chi connectivity index (χ3v) is 2.04. The fourth-order valence-corrected chi connectivity index (χ4v) is 1.32. The van der Waals surface area contributed by atoms with Gasteiger partial charge in [-0.15, -0.1) is 0 Å². The standard InChI is InChI=1S/C8H13NO2/c9-7(8(10)11)6-4-2-1-3-5-6/h2,4,6-7H,1,3,5,9H2,(H,10,11)/t6?,7-/m1/s1. The topological polar surface area (TPSA) is 63.3 Å². The number of allylic oxidation sites excluding steroid dienone is 1. The van der Waals surface area contributed by atoms with Gasteiger partial charge < -0.3 is 10.8 Å². The number of nitrogens with two attached hydrogens (primary N) is 1. The van der Waals surface area contributed by atoms with E-state index in [0.717, 1.165) is 19.3 Å². The molecule has 0 radical (unpaired) electrons. The van der Waals surface area contributed by atoms with Crippen LogP contribution in [0.4, 0.5) is 0 Å². The Labute approximate surface area is 65.9 Å². The molecule has 0 aromatic heterocycles. The number of rotatable bonds is 2. The molecular formula is C8H13NO2. The van der Waals surface area contributed by atoms with Crippen LogP contribution in [0.25, 0.3) is 0 Å². The Kier molecular flexibility index (Phi) is 2.65. The van der Waals surface area contributed by atoms with Crippen molar-refractivity contribution in [1.29, 1.82) is 0 Å². The van der Waals surface area contributed by atoms with Crippen LogP contribution in [0.5, 0.6) is 0 Å². The Morgan fingerprint density at radius 1 is 1.73 bits per heavy atom. The van der Waals surface area contributed by atoms with Crippen LogP contribution in [-0.4, -0.2) is 17.1 Å². The van der Waals surface area contributed by atoms with Crippen molar-refractivity contribution in [1.82, 2.24) is 0 Å². The predicted molar refractivity (Wildman–Crippen MR) is 42.1 cm³/mol. The van der Waals surface area contributed by atoms with Gasteiger partial charge in [-0.1, -0.05) is 12.2 Å². The summed E-state index contributed by atoms with van der Waals surface area (Å²) in [6, 6.07) is -0.716. The van der Waals surface area contributed by atoms with Gasteiger partial charge in [0.1, 0.15) is 6.04 Å². The highest BCUT2D eigenvalue weighted by Gasteiger charge is 2.22. The van der Waals surface area contributed by atoms with Gasteiger partial charge in [0, 0.05) is 5.92 Å². The van der Waals surface area contributed by atoms with E-state index in [2.05, 4.69) is 0 Å². The number of hydrogen-bond donors (Lipinski definition) is 2. The number of hydrogen-bond acceptors (Lipinski definition) is 2. The minimum absolute atomic E-state index is 0.0428. The molecule has 0 fully saturated rings. The Balaban J connectivity index is 2.52. The highest BCUT2D eigenvalue weighted by molar-refractivity contribution is 5.73. The molecule has 11 heavy (non-hydrogen) atoms. The van der Waals surface area contributed by atoms with Crippen LogP contribution >= 0.6 is 0 Å². The summed E-state index contributed by atoms with van der Waals surface area (Å²) >= 11 is 0. The van der Waals surface area contributed by atoms with Crippen molar-refractivity contribution in [2.75, 3.05) is 0 Å². The van der Waals surface area contributed by atoms with Crippen molar-refractivity contribution >= 4 is 5.97 Å². The normalized spacial score (nSPS) is 26.5. The summed E-state index contributed by atoms with van der Waals surface area (Å²) in [6.45, 7) is 0. The first kappa shape index (κ1) is 8.27. The molecule has 1 unspecified atom stereocenters. The van der Waals surface area contributed by atoms with E-state index in [4.69, 9.17) is 10.8 Å². The first-order valence-corrected chi connectivity index (χ1v) is 3.87. The molecule has 0 bridgehead atoms. The highest BCUT2D eigenvalue weighted by atomic mass is 16.4. The van der Waals surface area contributed by atoms with Crippen LogP contribution in [0.15, 0.2) is 12.2 Å². The molecule has 3 heteroatoms. The molecule has 0 saturated heterocycles. The maximum absolute atomic E-state index is 10.4. The van der Waals surface area contributed by atoms with Crippen LogP contribution in [0, 0.1) is 5.92 Å². The number of carbonyl (C=O) groups is 1. The quantitative estimate of drug-likeness (QED) is 0.578. The summed E-state index contributed by atoms with van der Waals surface area (Å²) in [5.41, 5.74) is 5.44. The Hall–Kier alpha value is -0.830. The monoisotopic (exact) mass is 155 g/mol. The molecule has 2 atom stereocenters. The average molecular weight is 155 g/mol. The van der Waals surface area contributed by atoms with Crippen LogP contribution in [0.1, 0.15) is 19.3 Å². The van der Waals surface area contributed by atoms with E-state index < -0.39 is 12.0 Å². The van der Waals surface area contributed by atoms with Crippen LogP contribution < -0.4 is 5.73 Å². The van der Waals surface area contributed by atoms with Gasteiger partial charge in [-0.05, 0) is 19.3 Å². The number of aliphatic carboxylic acids is 1. The van der Waals surface area contributed by atoms with E-state index in [9.17, 15) is 4.79 Å². The van der Waals surface area contributed by atoms with E-state index >= 15 is 0 Å². The molecule has 1 aliphatic rings. The van der Waals surface area contributed by atoms with Gasteiger partial charge >= 0.3 is 5.97 Å². The lowest BCUT2D eigenvalue weighted by Gasteiger charge is -2.19. The Bertz CT molecular complexity index is 177. The van der Waals surface area contributed by atoms with E-state index in [1.807, 2.05) is 12.2 Å². The van der Waals surface area contributed by atoms with Gasteiger partial charge in [-0.3, -0.25) is 4.79 Å². The van der Waals surface area contributed by atoms with Gasteiger partial charge in [0.05, 0.1) is 0 Å². The molecule has 0 aromatic carbocycles. The van der Waals surface area contributed by atoms with Gasteiger partial charge in [0.2, 0.25) is 0 Å². The second-order valence-corrected chi connectivity index (χ2v) is 2.89. The minimum atomic E-state index is -0.901. The Morgan fingerprint density at radius 2 is 2.45 bits per heavy atom. The lowest BCUT2D eigenvalue weighted by atomic mass is 9.90. The molecule has 0 heterocycles. The van der Waals surface area contributed by atoms with Gasteiger partial charge in [0.25, 0.3) is 0 Å². The van der Waals surface area contributed by atoms with Crippen molar-refractivity contribution < 1.29 is 9.90 Å². The average Bonchev–Trinajstić information content (AvgIpc) is 2.05. The second-order valence-electron chi connectivity index (χ2n) is 2.89. The van der Waals surface area contributed by atoms with Gasteiger partial charge in [0.15, 0.2) is 0 Å². The summed E-state index contributed by atoms with van der Waals surface area (Å²) in [5.74, 6) is -0.859. The Morgan fingerprint density at radius 3 is 2.91 bits per heavy atom. The smallest absolute Gasteiger partial charge is 0.321 e. The molecule has 0 spiro atoms. The van der Waals surface area contributed by atoms with Crippen LogP contribution in [-0.2, 0) is 4.79 Å². The fraction of sp³-hybridized carbons (Fsp3) is 0.625. The van der Waals surface area contributed by atoms with E-state index in [-0.39, 0.29) is 5.92 Å². The molecule has 3 N–H and O–H groups in total. The zero-order valence-corrected chi connectivity index (χ0v) is 6.36. The van der Waals surface area contributed by atoms with Crippen molar-refractivity contribution in [3.8, 4) is 0 Å². The SMILES string of the molecule is N[C@@H](C(=O)O)C1C=CCCC1. The highest BCUT2D eigenvalue weighted by Crippen LogP contribution is 2.19. The molecule has 0 aromatic rings. The minimum Gasteiger partial charge on any atom is -0.480 e. The molecule has 62 valence electrons. The van der Waals surface area contributed by atoms with Crippen molar-refractivity contribution in [3.63, 3.8) is 0 Å². The summed E-state index contributed by atoms with van der Waals surface area (Å²) in [4.78, 5) is 10.4. The maximum atomic E-state index is 10.4. The molecule has 3 nitrogen and oxygen atoms in total. The molecule has 0 aliphatic heterocycles. The first-order chi connectivity index (χ1) is 5.22. The van der Waals surface area contributed by atoms with Gasteiger partial charge in [-0.2, -0.15) is 0 Å². The summed E-state index contributed by atoms with van der Waals surface area (Å²) in [7, 11) is 0. The number of carboxylic acids is 1. The molecular weight excluding hydrogens is 142 g/mol. The van der Waals surface area contributed by atoms with E-state index in [1.165, 1.54) is 0 Å². The molecule has 1 rings (SSSR count). The van der Waals surface area contributed by atoms with Crippen LogP contribution in [0.3, 0.4) is 0 Å². The predicted octanol–water partition coefficient (Wildman–Crippen LogP) is 0.755. The van der Waals surface area contributed by atoms with Gasteiger partial charge in [-0.25, -0.2) is 0 Å². The first-order valence-electron chi connectivity index (χ1n) is 3.87. The second kappa shape index (κ2) is 3.53. The van der Waals surface area contributed by atoms with Crippen molar-refractivity contribution in [2.24, 2.45) is 11.7 Å². The van der Waals surface area contributed by atoms with E-state index in [0.29, 0.717) is 0 Å². The third kappa shape index (κ3) is 2.05. The van der Waals surface area contributed by atoms with Crippen molar-refractivity contribution in [2.45, 2.75) is 25.3 Å². The molecule has 0 saturated carbocycles. The van der Waals surface area contributed by atoms with Crippen LogP contribution in [0.2, 0.25) is 0 Å².